The number of amides is 1. The number of hydrogen-bond donors (Lipinski definition) is 0. The predicted molar refractivity (Wildman–Crippen MR) is 88.3 cm³/mol. The second kappa shape index (κ2) is 7.03. The molecule has 114 valence electrons. The number of carbonyl (C=O) groups is 2. The Balaban J connectivity index is 2.42. The molecule has 0 saturated carbocycles. The Morgan fingerprint density at radius 2 is 1.41 bits per heavy atom. The highest BCUT2D eigenvalue weighted by molar-refractivity contribution is 6.15. The molecule has 2 aromatic rings. The van der Waals surface area contributed by atoms with Gasteiger partial charge in [-0.25, -0.2) is 0 Å². The van der Waals surface area contributed by atoms with Crippen LogP contribution in [0.2, 0.25) is 0 Å². The molecule has 1 amide bonds. The van der Waals surface area contributed by atoms with E-state index in [2.05, 4.69) is 0 Å². The normalized spacial score (nSPS) is 10.3. The van der Waals surface area contributed by atoms with E-state index < -0.39 is 0 Å². The van der Waals surface area contributed by atoms with Gasteiger partial charge in [0.25, 0.3) is 5.91 Å². The Labute approximate surface area is 131 Å². The monoisotopic (exact) mass is 295 g/mol. The van der Waals surface area contributed by atoms with Crippen molar-refractivity contribution in [2.24, 2.45) is 0 Å². The molecule has 0 heterocycles. The zero-order valence-electron chi connectivity index (χ0n) is 13.3. The summed E-state index contributed by atoms with van der Waals surface area (Å²) in [5.74, 6) is -0.211. The molecule has 0 fully saturated rings. The van der Waals surface area contributed by atoms with Gasteiger partial charge in [-0.15, -0.1) is 0 Å². The van der Waals surface area contributed by atoms with E-state index in [0.29, 0.717) is 29.8 Å². The molecule has 0 aliphatic rings. The fourth-order valence-corrected chi connectivity index (χ4v) is 2.41. The second-order valence-electron chi connectivity index (χ2n) is 5.22. The number of rotatable bonds is 5. The molecular weight excluding hydrogens is 274 g/mol. The Hall–Kier alpha value is -2.42. The van der Waals surface area contributed by atoms with Crippen molar-refractivity contribution in [2.45, 2.75) is 20.8 Å². The zero-order valence-corrected chi connectivity index (χ0v) is 13.3. The van der Waals surface area contributed by atoms with Crippen LogP contribution in [0.15, 0.2) is 48.5 Å². The van der Waals surface area contributed by atoms with E-state index in [4.69, 9.17) is 0 Å². The molecule has 2 aromatic carbocycles. The molecule has 0 aliphatic heterocycles. The summed E-state index contributed by atoms with van der Waals surface area (Å²) in [6.07, 6.45) is 0. The number of carbonyl (C=O) groups excluding carboxylic acids is 2. The summed E-state index contributed by atoms with van der Waals surface area (Å²) in [6, 6.07) is 14.4. The first-order chi connectivity index (χ1) is 10.6. The van der Waals surface area contributed by atoms with Crippen molar-refractivity contribution in [1.82, 2.24) is 4.90 Å². The molecule has 0 aromatic heterocycles. The van der Waals surface area contributed by atoms with Gasteiger partial charge >= 0.3 is 0 Å². The number of nitrogens with zero attached hydrogens (tertiary/aromatic N) is 1. The smallest absolute Gasteiger partial charge is 0.254 e. The molecule has 22 heavy (non-hydrogen) atoms. The first-order valence-electron chi connectivity index (χ1n) is 7.58. The predicted octanol–water partition coefficient (Wildman–Crippen LogP) is 3.71. The lowest BCUT2D eigenvalue weighted by molar-refractivity contribution is 0.0768. The lowest BCUT2D eigenvalue weighted by Crippen LogP contribution is -2.31. The Bertz CT molecular complexity index is 670. The van der Waals surface area contributed by atoms with Crippen LogP contribution in [-0.2, 0) is 0 Å². The van der Waals surface area contributed by atoms with Crippen LogP contribution < -0.4 is 0 Å². The van der Waals surface area contributed by atoms with Crippen molar-refractivity contribution in [3.8, 4) is 0 Å². The average molecular weight is 295 g/mol. The van der Waals surface area contributed by atoms with E-state index in [0.717, 1.165) is 5.56 Å². The Kier molecular flexibility index (Phi) is 5.10. The maximum atomic E-state index is 12.7. The highest BCUT2D eigenvalue weighted by Crippen LogP contribution is 2.17. The van der Waals surface area contributed by atoms with Crippen LogP contribution in [0, 0.1) is 6.92 Å². The summed E-state index contributed by atoms with van der Waals surface area (Å²) in [4.78, 5) is 27.0. The summed E-state index contributed by atoms with van der Waals surface area (Å²) in [5, 5.41) is 0. The topological polar surface area (TPSA) is 37.4 Å². The molecule has 3 heteroatoms. The van der Waals surface area contributed by atoms with Gasteiger partial charge in [-0.3, -0.25) is 9.59 Å². The minimum atomic E-state index is -0.115. The molecule has 3 nitrogen and oxygen atoms in total. The van der Waals surface area contributed by atoms with Gasteiger partial charge in [-0.1, -0.05) is 48.0 Å². The molecule has 2 rings (SSSR count). The van der Waals surface area contributed by atoms with E-state index in [1.54, 1.807) is 41.3 Å². The van der Waals surface area contributed by atoms with Gasteiger partial charge in [0.05, 0.1) is 5.56 Å². The molecule has 0 aliphatic carbocycles. The quantitative estimate of drug-likeness (QED) is 0.789. The van der Waals surface area contributed by atoms with Crippen molar-refractivity contribution in [3.05, 3.63) is 70.8 Å². The van der Waals surface area contributed by atoms with Gasteiger partial charge in [0.1, 0.15) is 0 Å². The minimum absolute atomic E-state index is 0.0962. The number of benzene rings is 2. The standard InChI is InChI=1S/C19H21NO2/c1-4-20(5-2)19(22)17-9-7-6-8-16(17)18(21)15-12-10-14(3)11-13-15/h6-13H,4-5H2,1-3H3. The largest absolute Gasteiger partial charge is 0.339 e. The van der Waals surface area contributed by atoms with Crippen molar-refractivity contribution in [3.63, 3.8) is 0 Å². The second-order valence-corrected chi connectivity index (χ2v) is 5.22. The summed E-state index contributed by atoms with van der Waals surface area (Å²) in [6.45, 7) is 7.11. The molecule has 0 radical (unpaired) electrons. The van der Waals surface area contributed by atoms with E-state index in [1.165, 1.54) is 0 Å². The van der Waals surface area contributed by atoms with Gasteiger partial charge in [0.15, 0.2) is 5.78 Å². The van der Waals surface area contributed by atoms with Gasteiger partial charge in [0, 0.05) is 24.2 Å². The van der Waals surface area contributed by atoms with Crippen molar-refractivity contribution >= 4 is 11.7 Å². The first kappa shape index (κ1) is 16.0. The molecule has 0 N–H and O–H groups in total. The number of hydrogen-bond acceptors (Lipinski definition) is 2. The summed E-state index contributed by atoms with van der Waals surface area (Å²) >= 11 is 0. The van der Waals surface area contributed by atoms with E-state index in [-0.39, 0.29) is 11.7 Å². The van der Waals surface area contributed by atoms with E-state index in [1.807, 2.05) is 32.9 Å². The Morgan fingerprint density at radius 1 is 0.864 bits per heavy atom. The van der Waals surface area contributed by atoms with Crippen molar-refractivity contribution < 1.29 is 9.59 Å². The van der Waals surface area contributed by atoms with Crippen LogP contribution in [0.5, 0.6) is 0 Å². The first-order valence-corrected chi connectivity index (χ1v) is 7.58. The fraction of sp³-hybridized carbons (Fsp3) is 0.263. The molecule has 0 spiro atoms. The zero-order chi connectivity index (χ0) is 16.1. The third-order valence-electron chi connectivity index (χ3n) is 3.77. The molecule has 0 unspecified atom stereocenters. The maximum Gasteiger partial charge on any atom is 0.254 e. The SMILES string of the molecule is CCN(CC)C(=O)c1ccccc1C(=O)c1ccc(C)cc1. The highest BCUT2D eigenvalue weighted by atomic mass is 16.2. The van der Waals surface area contributed by atoms with Crippen LogP contribution in [0.25, 0.3) is 0 Å². The van der Waals surface area contributed by atoms with Crippen LogP contribution in [0.1, 0.15) is 45.7 Å². The van der Waals surface area contributed by atoms with Gasteiger partial charge < -0.3 is 4.90 Å². The lowest BCUT2D eigenvalue weighted by Gasteiger charge is -2.20. The third kappa shape index (κ3) is 3.25. The number of ketones is 1. The summed E-state index contributed by atoms with van der Waals surface area (Å²) in [7, 11) is 0. The molecule has 0 atom stereocenters. The maximum absolute atomic E-state index is 12.7. The van der Waals surface area contributed by atoms with E-state index >= 15 is 0 Å². The van der Waals surface area contributed by atoms with Crippen LogP contribution in [0.4, 0.5) is 0 Å². The third-order valence-corrected chi connectivity index (χ3v) is 3.77. The Morgan fingerprint density at radius 3 is 1.95 bits per heavy atom. The molecule has 0 bridgehead atoms. The van der Waals surface area contributed by atoms with Crippen LogP contribution in [0.3, 0.4) is 0 Å². The fourth-order valence-electron chi connectivity index (χ4n) is 2.41. The molecular formula is C19H21NO2. The minimum Gasteiger partial charge on any atom is -0.339 e. The van der Waals surface area contributed by atoms with Crippen molar-refractivity contribution in [2.75, 3.05) is 13.1 Å². The lowest BCUT2D eigenvalue weighted by atomic mass is 9.97. The number of aryl methyl sites for hydroxylation is 1. The average Bonchev–Trinajstić information content (AvgIpc) is 2.56. The summed E-state index contributed by atoms with van der Waals surface area (Å²) < 4.78 is 0. The highest BCUT2D eigenvalue weighted by Gasteiger charge is 2.20. The van der Waals surface area contributed by atoms with Gasteiger partial charge in [-0.2, -0.15) is 0 Å². The summed E-state index contributed by atoms with van der Waals surface area (Å²) in [5.41, 5.74) is 2.63. The van der Waals surface area contributed by atoms with Crippen molar-refractivity contribution in [1.29, 1.82) is 0 Å². The van der Waals surface area contributed by atoms with Gasteiger partial charge in [-0.05, 0) is 26.8 Å². The van der Waals surface area contributed by atoms with Crippen LogP contribution in [-0.4, -0.2) is 29.7 Å². The van der Waals surface area contributed by atoms with Gasteiger partial charge in [0.2, 0.25) is 0 Å². The molecule has 0 saturated heterocycles. The van der Waals surface area contributed by atoms with E-state index in [9.17, 15) is 9.59 Å². The van der Waals surface area contributed by atoms with Crippen LogP contribution >= 0.6 is 0 Å².